The van der Waals surface area contributed by atoms with Gasteiger partial charge in [0.15, 0.2) is 0 Å². The van der Waals surface area contributed by atoms with Gasteiger partial charge in [0.1, 0.15) is 18.2 Å². The lowest BCUT2D eigenvalue weighted by atomic mass is 10.1. The Bertz CT molecular complexity index is 913. The van der Waals surface area contributed by atoms with Gasteiger partial charge in [-0.15, -0.1) is 0 Å². The predicted molar refractivity (Wildman–Crippen MR) is 95.9 cm³/mol. The predicted octanol–water partition coefficient (Wildman–Crippen LogP) is 3.82. The molecule has 0 spiro atoms. The third-order valence-electron chi connectivity index (χ3n) is 3.96. The smallest absolute Gasteiger partial charge is 0.409 e. The molecule has 0 unspecified atom stereocenters. The van der Waals surface area contributed by atoms with Gasteiger partial charge in [-0.1, -0.05) is 6.07 Å². The minimum Gasteiger partial charge on any atom is -0.489 e. The molecule has 0 aliphatic carbocycles. The Balaban J connectivity index is 1.72. The molecule has 148 valence electrons. The van der Waals surface area contributed by atoms with Crippen LogP contribution in [-0.4, -0.2) is 36.4 Å². The van der Waals surface area contributed by atoms with Crippen LogP contribution >= 0.6 is 0 Å². The highest BCUT2D eigenvalue weighted by molar-refractivity contribution is 6.04. The van der Waals surface area contributed by atoms with Crippen molar-refractivity contribution in [1.82, 2.24) is 0 Å². The van der Waals surface area contributed by atoms with Gasteiger partial charge in [-0.05, 0) is 35.9 Å². The summed E-state index contributed by atoms with van der Waals surface area (Å²) in [6.45, 7) is 0.161. The molecule has 28 heavy (non-hydrogen) atoms. The molecule has 0 bridgehead atoms. The van der Waals surface area contributed by atoms with Crippen LogP contribution in [0.15, 0.2) is 42.5 Å². The lowest BCUT2D eigenvalue weighted by Gasteiger charge is -2.26. The largest absolute Gasteiger partial charge is 0.489 e. The highest BCUT2D eigenvalue weighted by Crippen LogP contribution is 2.32. The Morgan fingerprint density at radius 3 is 2.75 bits per heavy atom. The number of alkyl halides is 3. The van der Waals surface area contributed by atoms with E-state index in [0.29, 0.717) is 17.1 Å². The van der Waals surface area contributed by atoms with Gasteiger partial charge in [0.05, 0.1) is 23.9 Å². The molecule has 1 amide bonds. The fourth-order valence-corrected chi connectivity index (χ4v) is 2.60. The lowest BCUT2D eigenvalue weighted by Crippen LogP contribution is -2.34. The standard InChI is InChI=1S/C19H16F4N2O3/c20-15-7-11(5-6-19(21,22)23)1-3-14(15)18(27)25-12-2-4-16-17(8-12)28-10-13(9-26)24-16/h1-8,13,24,26H,9-10H2,(H,25,27)/b6-5+/t13-/m0/s1. The van der Waals surface area contributed by atoms with E-state index in [-0.39, 0.29) is 36.5 Å². The maximum absolute atomic E-state index is 14.1. The topological polar surface area (TPSA) is 70.6 Å². The van der Waals surface area contributed by atoms with E-state index in [2.05, 4.69) is 10.6 Å². The SMILES string of the molecule is O=C(Nc1ccc2c(c1)OC[C@H](CO)N2)c1ccc(/C=C/C(F)(F)F)cc1F. The average molecular weight is 396 g/mol. The molecule has 2 aromatic rings. The number of aliphatic hydroxyl groups excluding tert-OH is 1. The normalized spacial score (nSPS) is 16.2. The first-order chi connectivity index (χ1) is 13.2. The van der Waals surface area contributed by atoms with E-state index in [9.17, 15) is 22.4 Å². The van der Waals surface area contributed by atoms with Crippen LogP contribution in [0.5, 0.6) is 5.75 Å². The number of rotatable bonds is 4. The third-order valence-corrected chi connectivity index (χ3v) is 3.96. The number of fused-ring (bicyclic) bond motifs is 1. The summed E-state index contributed by atoms with van der Waals surface area (Å²) in [6.07, 6.45) is -3.80. The molecule has 0 saturated heterocycles. The van der Waals surface area contributed by atoms with Gasteiger partial charge >= 0.3 is 6.18 Å². The first-order valence-electron chi connectivity index (χ1n) is 8.26. The summed E-state index contributed by atoms with van der Waals surface area (Å²) in [4.78, 5) is 12.3. The summed E-state index contributed by atoms with van der Waals surface area (Å²) >= 11 is 0. The molecule has 0 radical (unpaired) electrons. The Morgan fingerprint density at radius 2 is 2.07 bits per heavy atom. The van der Waals surface area contributed by atoms with Gasteiger partial charge in [-0.25, -0.2) is 4.39 Å². The van der Waals surface area contributed by atoms with Crippen molar-refractivity contribution >= 4 is 23.4 Å². The number of allylic oxidation sites excluding steroid dienone is 1. The minimum absolute atomic E-state index is 0.00991. The number of anilines is 2. The maximum atomic E-state index is 14.1. The van der Waals surface area contributed by atoms with Gasteiger partial charge < -0.3 is 20.5 Å². The van der Waals surface area contributed by atoms with Gasteiger partial charge in [0.25, 0.3) is 5.91 Å². The highest BCUT2D eigenvalue weighted by atomic mass is 19.4. The number of nitrogens with one attached hydrogen (secondary N) is 2. The van der Waals surface area contributed by atoms with Crippen LogP contribution in [0.1, 0.15) is 15.9 Å². The van der Waals surface area contributed by atoms with Crippen LogP contribution in [-0.2, 0) is 0 Å². The number of benzene rings is 2. The third kappa shape index (κ3) is 4.80. The first kappa shape index (κ1) is 19.7. The fraction of sp³-hybridized carbons (Fsp3) is 0.211. The zero-order valence-electron chi connectivity index (χ0n) is 14.4. The van der Waals surface area contributed by atoms with Gasteiger partial charge in [-0.3, -0.25) is 4.79 Å². The summed E-state index contributed by atoms with van der Waals surface area (Å²) < 4.78 is 56.2. The zero-order valence-corrected chi connectivity index (χ0v) is 14.4. The van der Waals surface area contributed by atoms with E-state index in [4.69, 9.17) is 9.84 Å². The maximum Gasteiger partial charge on any atom is 0.409 e. The molecule has 0 aromatic heterocycles. The fourth-order valence-electron chi connectivity index (χ4n) is 2.60. The number of halogens is 4. The quantitative estimate of drug-likeness (QED) is 0.688. The Hall–Kier alpha value is -3.07. The van der Waals surface area contributed by atoms with Crippen LogP contribution in [0, 0.1) is 5.82 Å². The van der Waals surface area contributed by atoms with E-state index in [1.165, 1.54) is 6.07 Å². The van der Waals surface area contributed by atoms with Crippen molar-refractivity contribution in [2.24, 2.45) is 0 Å². The highest BCUT2D eigenvalue weighted by Gasteiger charge is 2.22. The molecular weight excluding hydrogens is 380 g/mol. The number of ether oxygens (including phenoxy) is 1. The van der Waals surface area contributed by atoms with Crippen LogP contribution in [0.4, 0.5) is 28.9 Å². The molecule has 3 N–H and O–H groups in total. The number of hydrogen-bond acceptors (Lipinski definition) is 4. The van der Waals surface area contributed by atoms with E-state index in [1.807, 2.05) is 0 Å². The van der Waals surface area contributed by atoms with Crippen molar-refractivity contribution < 1.29 is 32.2 Å². The minimum atomic E-state index is -4.51. The number of carbonyl (C=O) groups is 1. The second kappa shape index (κ2) is 7.89. The van der Waals surface area contributed by atoms with Crippen LogP contribution in [0.3, 0.4) is 0 Å². The van der Waals surface area contributed by atoms with E-state index >= 15 is 0 Å². The lowest BCUT2D eigenvalue weighted by molar-refractivity contribution is -0.0790. The average Bonchev–Trinajstić information content (AvgIpc) is 2.65. The molecule has 1 aliphatic heterocycles. The van der Waals surface area contributed by atoms with E-state index in [0.717, 1.165) is 18.2 Å². The Kier molecular flexibility index (Phi) is 5.55. The molecule has 0 saturated carbocycles. The first-order valence-corrected chi connectivity index (χ1v) is 8.26. The zero-order chi connectivity index (χ0) is 20.3. The van der Waals surface area contributed by atoms with Crippen molar-refractivity contribution in [1.29, 1.82) is 0 Å². The second-order valence-corrected chi connectivity index (χ2v) is 6.11. The second-order valence-electron chi connectivity index (χ2n) is 6.11. The van der Waals surface area contributed by atoms with Crippen LogP contribution in [0.25, 0.3) is 6.08 Å². The van der Waals surface area contributed by atoms with Crippen molar-refractivity contribution in [2.45, 2.75) is 12.2 Å². The summed E-state index contributed by atoms with van der Waals surface area (Å²) in [5.74, 6) is -1.22. The number of hydrogen-bond donors (Lipinski definition) is 3. The van der Waals surface area contributed by atoms with Crippen molar-refractivity contribution in [3.05, 3.63) is 59.4 Å². The number of amides is 1. The van der Waals surface area contributed by atoms with Crippen molar-refractivity contribution in [3.8, 4) is 5.75 Å². The number of aliphatic hydroxyl groups is 1. The van der Waals surface area contributed by atoms with Gasteiger partial charge in [0.2, 0.25) is 0 Å². The molecule has 2 aromatic carbocycles. The summed E-state index contributed by atoms with van der Waals surface area (Å²) in [6, 6.07) is 7.72. The van der Waals surface area contributed by atoms with Crippen LogP contribution in [0.2, 0.25) is 0 Å². The molecule has 9 heteroatoms. The molecule has 5 nitrogen and oxygen atoms in total. The molecule has 1 heterocycles. The van der Waals surface area contributed by atoms with Gasteiger partial charge in [-0.2, -0.15) is 13.2 Å². The van der Waals surface area contributed by atoms with Crippen LogP contribution < -0.4 is 15.4 Å². The summed E-state index contributed by atoms with van der Waals surface area (Å²) in [7, 11) is 0. The summed E-state index contributed by atoms with van der Waals surface area (Å²) in [5.41, 5.74) is 0.683. The van der Waals surface area contributed by atoms with Crippen molar-refractivity contribution in [3.63, 3.8) is 0 Å². The van der Waals surface area contributed by atoms with E-state index in [1.54, 1.807) is 18.2 Å². The molecular formula is C19H16F4N2O3. The van der Waals surface area contributed by atoms with Crippen molar-refractivity contribution in [2.75, 3.05) is 23.8 Å². The Morgan fingerprint density at radius 1 is 1.29 bits per heavy atom. The number of carbonyl (C=O) groups excluding carboxylic acids is 1. The monoisotopic (exact) mass is 396 g/mol. The molecule has 3 rings (SSSR count). The summed E-state index contributed by atoms with van der Waals surface area (Å²) in [5, 5.41) is 14.7. The van der Waals surface area contributed by atoms with E-state index < -0.39 is 17.9 Å². The molecule has 1 aliphatic rings. The van der Waals surface area contributed by atoms with Gasteiger partial charge in [0, 0.05) is 17.8 Å². The Labute approximate surface area is 157 Å². The molecule has 0 fully saturated rings. The molecule has 1 atom stereocenters.